The van der Waals surface area contributed by atoms with Gasteiger partial charge in [0, 0.05) is 23.8 Å². The van der Waals surface area contributed by atoms with E-state index < -0.39 is 0 Å². The van der Waals surface area contributed by atoms with Crippen molar-refractivity contribution in [3.8, 4) is 11.1 Å². The zero-order valence-electron chi connectivity index (χ0n) is 13.1. The summed E-state index contributed by atoms with van der Waals surface area (Å²) in [6.45, 7) is 11.7. The van der Waals surface area contributed by atoms with Gasteiger partial charge >= 0.3 is 0 Å². The topological polar surface area (TPSA) is 29.9 Å². The monoisotopic (exact) mass is 271 g/mol. The van der Waals surface area contributed by atoms with E-state index in [2.05, 4.69) is 75.5 Å². The minimum atomic E-state index is 0.375. The highest BCUT2D eigenvalue weighted by Gasteiger charge is 2.11. The first-order valence-corrected chi connectivity index (χ1v) is 7.42. The second-order valence-corrected chi connectivity index (χ2v) is 5.61. The van der Waals surface area contributed by atoms with E-state index in [1.165, 1.54) is 16.7 Å². The Morgan fingerprint density at radius 1 is 1.25 bits per heavy atom. The molecule has 3 heteroatoms. The van der Waals surface area contributed by atoms with Crippen molar-refractivity contribution in [1.82, 2.24) is 15.1 Å². The maximum atomic E-state index is 4.60. The van der Waals surface area contributed by atoms with Crippen molar-refractivity contribution in [2.24, 2.45) is 0 Å². The van der Waals surface area contributed by atoms with Gasteiger partial charge in [-0.25, -0.2) is 0 Å². The fraction of sp³-hybridized carbons (Fsp3) is 0.471. The number of benzene rings is 1. The smallest absolute Gasteiger partial charge is 0.0672 e. The number of hydrogen-bond donors (Lipinski definition) is 1. The zero-order chi connectivity index (χ0) is 14.7. The Hall–Kier alpha value is -1.61. The average molecular weight is 271 g/mol. The molecular formula is C17H25N3. The quantitative estimate of drug-likeness (QED) is 0.887. The summed E-state index contributed by atoms with van der Waals surface area (Å²) >= 11 is 0. The van der Waals surface area contributed by atoms with Crippen molar-refractivity contribution in [3.63, 3.8) is 0 Å². The van der Waals surface area contributed by atoms with Gasteiger partial charge in [-0.2, -0.15) is 5.10 Å². The Bertz CT molecular complexity index is 569. The summed E-state index contributed by atoms with van der Waals surface area (Å²) in [6, 6.07) is 9.51. The van der Waals surface area contributed by atoms with E-state index in [9.17, 15) is 0 Å². The third-order valence-electron chi connectivity index (χ3n) is 3.65. The van der Waals surface area contributed by atoms with Crippen LogP contribution in [0.15, 0.2) is 30.5 Å². The second-order valence-electron chi connectivity index (χ2n) is 5.61. The summed E-state index contributed by atoms with van der Waals surface area (Å²) in [5.41, 5.74) is 4.88. The van der Waals surface area contributed by atoms with E-state index in [4.69, 9.17) is 0 Å². The first-order valence-electron chi connectivity index (χ1n) is 7.42. The highest BCUT2D eigenvalue weighted by atomic mass is 15.3. The molecular weight excluding hydrogens is 246 g/mol. The molecule has 0 spiro atoms. The number of nitrogens with zero attached hydrogens (tertiary/aromatic N) is 2. The van der Waals surface area contributed by atoms with Gasteiger partial charge in [-0.3, -0.25) is 4.68 Å². The molecule has 0 saturated heterocycles. The predicted octanol–water partition coefficient (Wildman–Crippen LogP) is 4.11. The molecule has 0 aliphatic rings. The van der Waals surface area contributed by atoms with Crippen LogP contribution >= 0.6 is 0 Å². The Morgan fingerprint density at radius 3 is 2.60 bits per heavy atom. The normalized spacial score (nSPS) is 12.9. The van der Waals surface area contributed by atoms with Gasteiger partial charge in [-0.1, -0.05) is 25.1 Å². The lowest BCUT2D eigenvalue weighted by Gasteiger charge is -2.13. The molecule has 0 aliphatic heterocycles. The fourth-order valence-corrected chi connectivity index (χ4v) is 2.43. The molecule has 2 rings (SSSR count). The van der Waals surface area contributed by atoms with Crippen LogP contribution in [0.2, 0.25) is 0 Å². The van der Waals surface area contributed by atoms with E-state index >= 15 is 0 Å². The SMILES string of the molecule is CCNC(C)c1cccc(-c2cn(C(C)C)nc2C)c1. The first kappa shape index (κ1) is 14.8. The molecule has 20 heavy (non-hydrogen) atoms. The van der Waals surface area contributed by atoms with Crippen LogP contribution in [0, 0.1) is 6.92 Å². The standard InChI is InChI=1S/C17H25N3/c1-6-18-13(4)15-8-7-9-16(10-15)17-11-20(12(2)3)19-14(17)5/h7-13,18H,6H2,1-5H3. The van der Waals surface area contributed by atoms with Crippen LogP contribution in [0.4, 0.5) is 0 Å². The van der Waals surface area contributed by atoms with Gasteiger partial charge in [0.2, 0.25) is 0 Å². The minimum Gasteiger partial charge on any atom is -0.310 e. The van der Waals surface area contributed by atoms with Crippen LogP contribution in [0.1, 0.15) is 51.0 Å². The maximum absolute atomic E-state index is 4.60. The third kappa shape index (κ3) is 3.10. The zero-order valence-corrected chi connectivity index (χ0v) is 13.1. The van der Waals surface area contributed by atoms with Crippen molar-refractivity contribution < 1.29 is 0 Å². The Morgan fingerprint density at radius 2 is 2.00 bits per heavy atom. The largest absolute Gasteiger partial charge is 0.310 e. The molecule has 1 atom stereocenters. The fourth-order valence-electron chi connectivity index (χ4n) is 2.43. The number of rotatable bonds is 5. The van der Waals surface area contributed by atoms with Crippen LogP contribution in [0.5, 0.6) is 0 Å². The average Bonchev–Trinajstić information content (AvgIpc) is 2.81. The Kier molecular flexibility index (Phi) is 4.61. The summed E-state index contributed by atoms with van der Waals surface area (Å²) in [7, 11) is 0. The molecule has 1 heterocycles. The molecule has 0 bridgehead atoms. The Balaban J connectivity index is 2.35. The maximum Gasteiger partial charge on any atom is 0.0672 e. The summed E-state index contributed by atoms with van der Waals surface area (Å²) < 4.78 is 2.03. The molecule has 1 aromatic heterocycles. The molecule has 0 fully saturated rings. The lowest BCUT2D eigenvalue weighted by Crippen LogP contribution is -2.17. The number of nitrogens with one attached hydrogen (secondary N) is 1. The van der Waals surface area contributed by atoms with E-state index in [0.717, 1.165) is 12.2 Å². The summed E-state index contributed by atoms with van der Waals surface area (Å²) in [5, 5.41) is 8.06. The summed E-state index contributed by atoms with van der Waals surface area (Å²) in [4.78, 5) is 0. The second kappa shape index (κ2) is 6.23. The predicted molar refractivity (Wildman–Crippen MR) is 84.9 cm³/mol. The lowest BCUT2D eigenvalue weighted by molar-refractivity contribution is 0.529. The van der Waals surface area contributed by atoms with Crippen molar-refractivity contribution in [3.05, 3.63) is 41.7 Å². The first-order chi connectivity index (χ1) is 9.52. The van der Waals surface area contributed by atoms with Gasteiger partial charge in [0.25, 0.3) is 0 Å². The number of aryl methyl sites for hydroxylation is 1. The summed E-state index contributed by atoms with van der Waals surface area (Å²) in [6.07, 6.45) is 2.15. The third-order valence-corrected chi connectivity index (χ3v) is 3.65. The van der Waals surface area contributed by atoms with Gasteiger partial charge in [0.05, 0.1) is 5.69 Å². The highest BCUT2D eigenvalue weighted by Crippen LogP contribution is 2.26. The van der Waals surface area contributed by atoms with E-state index in [1.54, 1.807) is 0 Å². The molecule has 3 nitrogen and oxygen atoms in total. The van der Waals surface area contributed by atoms with E-state index in [-0.39, 0.29) is 0 Å². The molecule has 0 saturated carbocycles. The molecule has 0 radical (unpaired) electrons. The van der Waals surface area contributed by atoms with Crippen LogP contribution in [-0.2, 0) is 0 Å². The highest BCUT2D eigenvalue weighted by molar-refractivity contribution is 5.66. The molecule has 0 amide bonds. The van der Waals surface area contributed by atoms with Gasteiger partial charge < -0.3 is 5.32 Å². The van der Waals surface area contributed by atoms with Crippen molar-refractivity contribution >= 4 is 0 Å². The van der Waals surface area contributed by atoms with Gasteiger partial charge in [0.15, 0.2) is 0 Å². The minimum absolute atomic E-state index is 0.375. The van der Waals surface area contributed by atoms with E-state index in [0.29, 0.717) is 12.1 Å². The molecule has 108 valence electrons. The van der Waals surface area contributed by atoms with Crippen molar-refractivity contribution in [1.29, 1.82) is 0 Å². The summed E-state index contributed by atoms with van der Waals surface area (Å²) in [5.74, 6) is 0. The molecule has 2 aromatic rings. The van der Waals surface area contributed by atoms with Crippen LogP contribution in [0.3, 0.4) is 0 Å². The van der Waals surface area contributed by atoms with Gasteiger partial charge in [0.1, 0.15) is 0 Å². The lowest BCUT2D eigenvalue weighted by atomic mass is 10.0. The van der Waals surface area contributed by atoms with E-state index in [1.807, 2.05) is 4.68 Å². The number of aromatic nitrogens is 2. The van der Waals surface area contributed by atoms with Gasteiger partial charge in [-0.05, 0) is 51.4 Å². The van der Waals surface area contributed by atoms with Crippen LogP contribution in [0.25, 0.3) is 11.1 Å². The Labute approximate surface area is 122 Å². The van der Waals surface area contributed by atoms with Gasteiger partial charge in [-0.15, -0.1) is 0 Å². The van der Waals surface area contributed by atoms with Crippen molar-refractivity contribution in [2.75, 3.05) is 6.54 Å². The van der Waals surface area contributed by atoms with Crippen LogP contribution in [-0.4, -0.2) is 16.3 Å². The van der Waals surface area contributed by atoms with Crippen molar-refractivity contribution in [2.45, 2.75) is 46.7 Å². The number of hydrogen-bond acceptors (Lipinski definition) is 2. The molecule has 1 N–H and O–H groups in total. The molecule has 1 aromatic carbocycles. The molecule has 0 aliphatic carbocycles. The molecule has 1 unspecified atom stereocenters. The van der Waals surface area contributed by atoms with Crippen LogP contribution < -0.4 is 5.32 Å².